The molecule has 0 saturated heterocycles. The number of benzene rings is 1. The minimum atomic E-state index is -4.75. The molecule has 1 aliphatic carbocycles. The van der Waals surface area contributed by atoms with Gasteiger partial charge in [0, 0.05) is 0 Å². The molecule has 0 aromatic heterocycles. The van der Waals surface area contributed by atoms with Gasteiger partial charge in [-0.3, -0.25) is 0 Å². The van der Waals surface area contributed by atoms with Crippen LogP contribution in [0.2, 0.25) is 0 Å². The van der Waals surface area contributed by atoms with Crippen LogP contribution in [0.3, 0.4) is 0 Å². The van der Waals surface area contributed by atoms with Gasteiger partial charge in [-0.25, -0.2) is 13.1 Å². The number of hydrogen-bond donors (Lipinski definition) is 2. The number of sulfonamides is 1. The molecule has 1 aromatic rings. The highest BCUT2D eigenvalue weighted by Gasteiger charge is 2.43. The molecule has 0 amide bonds. The number of aliphatic hydroxyl groups excluding tert-OH is 1. The zero-order valence-electron chi connectivity index (χ0n) is 10.4. The van der Waals surface area contributed by atoms with E-state index >= 15 is 0 Å². The molecule has 1 fully saturated rings. The number of hydrogen-bond acceptors (Lipinski definition) is 3. The van der Waals surface area contributed by atoms with Crippen molar-refractivity contribution in [2.45, 2.75) is 35.9 Å². The van der Waals surface area contributed by atoms with Gasteiger partial charge >= 0.3 is 6.18 Å². The van der Waals surface area contributed by atoms with E-state index in [9.17, 15) is 26.7 Å². The van der Waals surface area contributed by atoms with Crippen LogP contribution in [0.25, 0.3) is 0 Å². The van der Waals surface area contributed by atoms with Crippen molar-refractivity contribution in [2.24, 2.45) is 0 Å². The maximum Gasteiger partial charge on any atom is 0.417 e. The molecule has 8 heteroatoms. The maximum absolute atomic E-state index is 12.8. The summed E-state index contributed by atoms with van der Waals surface area (Å²) in [5.74, 6) is 0. The van der Waals surface area contributed by atoms with Gasteiger partial charge in [0.2, 0.25) is 10.0 Å². The van der Waals surface area contributed by atoms with E-state index in [4.69, 9.17) is 0 Å². The van der Waals surface area contributed by atoms with Crippen LogP contribution < -0.4 is 4.72 Å². The molecule has 0 heterocycles. The summed E-state index contributed by atoms with van der Waals surface area (Å²) in [6.45, 7) is -0.430. The molecule has 20 heavy (non-hydrogen) atoms. The molecular weight excluding hydrogens is 295 g/mol. The molecule has 0 unspecified atom stereocenters. The van der Waals surface area contributed by atoms with E-state index in [0.717, 1.165) is 24.6 Å². The normalized spacial score (nSPS) is 18.6. The lowest BCUT2D eigenvalue weighted by Crippen LogP contribution is -2.56. The predicted molar refractivity (Wildman–Crippen MR) is 65.4 cm³/mol. The van der Waals surface area contributed by atoms with E-state index in [2.05, 4.69) is 4.72 Å². The lowest BCUT2D eigenvalue weighted by atomic mass is 9.78. The molecule has 0 radical (unpaired) electrons. The SMILES string of the molecule is O=S(=O)(NC1(CO)CCC1)c1ccccc1C(F)(F)F. The highest BCUT2D eigenvalue weighted by Crippen LogP contribution is 2.36. The lowest BCUT2D eigenvalue weighted by Gasteiger charge is -2.40. The summed E-state index contributed by atoms with van der Waals surface area (Å²) < 4.78 is 65.0. The van der Waals surface area contributed by atoms with Gasteiger partial charge in [-0.2, -0.15) is 13.2 Å². The Morgan fingerprint density at radius 2 is 1.85 bits per heavy atom. The number of aliphatic hydroxyl groups is 1. The van der Waals surface area contributed by atoms with Crippen LogP contribution in [0, 0.1) is 0 Å². The summed E-state index contributed by atoms with van der Waals surface area (Å²) in [7, 11) is -4.33. The molecule has 1 aromatic carbocycles. The lowest BCUT2D eigenvalue weighted by molar-refractivity contribution is -0.139. The summed E-state index contributed by atoms with van der Waals surface area (Å²) in [5, 5.41) is 9.23. The number of halogens is 3. The van der Waals surface area contributed by atoms with Crippen molar-refractivity contribution >= 4 is 10.0 Å². The van der Waals surface area contributed by atoms with Crippen LogP contribution in [0.1, 0.15) is 24.8 Å². The molecule has 0 spiro atoms. The van der Waals surface area contributed by atoms with Crippen molar-refractivity contribution in [2.75, 3.05) is 6.61 Å². The molecule has 0 atom stereocenters. The Hall–Kier alpha value is -1.12. The Morgan fingerprint density at radius 1 is 1.25 bits per heavy atom. The quantitative estimate of drug-likeness (QED) is 0.893. The maximum atomic E-state index is 12.8. The molecule has 112 valence electrons. The summed E-state index contributed by atoms with van der Waals surface area (Å²) >= 11 is 0. The first-order valence-electron chi connectivity index (χ1n) is 6.01. The van der Waals surface area contributed by atoms with Crippen molar-refractivity contribution in [1.82, 2.24) is 4.72 Å². The smallest absolute Gasteiger partial charge is 0.394 e. The summed E-state index contributed by atoms with van der Waals surface area (Å²) in [6, 6.07) is 4.00. The fraction of sp³-hybridized carbons (Fsp3) is 0.500. The van der Waals surface area contributed by atoms with E-state index in [1.165, 1.54) is 6.07 Å². The first-order chi connectivity index (χ1) is 9.20. The Morgan fingerprint density at radius 3 is 2.30 bits per heavy atom. The summed E-state index contributed by atoms with van der Waals surface area (Å²) in [6.07, 6.45) is -3.20. The third-order valence-corrected chi connectivity index (χ3v) is 5.08. The zero-order valence-corrected chi connectivity index (χ0v) is 11.3. The van der Waals surface area contributed by atoms with E-state index in [1.807, 2.05) is 0 Å². The fourth-order valence-corrected chi connectivity index (χ4v) is 3.85. The topological polar surface area (TPSA) is 66.4 Å². The largest absolute Gasteiger partial charge is 0.417 e. The van der Waals surface area contributed by atoms with Crippen LogP contribution in [0.5, 0.6) is 0 Å². The van der Waals surface area contributed by atoms with Crippen LogP contribution >= 0.6 is 0 Å². The minimum Gasteiger partial charge on any atom is -0.394 e. The third kappa shape index (κ3) is 2.82. The third-order valence-electron chi connectivity index (χ3n) is 3.45. The van der Waals surface area contributed by atoms with Gasteiger partial charge in [-0.05, 0) is 31.4 Å². The van der Waals surface area contributed by atoms with Crippen molar-refractivity contribution in [3.8, 4) is 0 Å². The van der Waals surface area contributed by atoms with Crippen LogP contribution in [-0.2, 0) is 16.2 Å². The van der Waals surface area contributed by atoms with E-state index in [1.54, 1.807) is 0 Å². The molecule has 1 aliphatic rings. The first-order valence-corrected chi connectivity index (χ1v) is 7.50. The van der Waals surface area contributed by atoms with Gasteiger partial charge in [-0.1, -0.05) is 12.1 Å². The monoisotopic (exact) mass is 309 g/mol. The van der Waals surface area contributed by atoms with Gasteiger partial charge in [0.15, 0.2) is 0 Å². The molecule has 2 N–H and O–H groups in total. The van der Waals surface area contributed by atoms with Gasteiger partial charge < -0.3 is 5.11 Å². The van der Waals surface area contributed by atoms with Crippen molar-refractivity contribution < 1.29 is 26.7 Å². The number of rotatable bonds is 4. The Bertz CT molecular complexity index is 589. The van der Waals surface area contributed by atoms with Crippen molar-refractivity contribution in [3.63, 3.8) is 0 Å². The highest BCUT2D eigenvalue weighted by molar-refractivity contribution is 7.89. The second-order valence-corrected chi connectivity index (χ2v) is 6.54. The number of nitrogens with one attached hydrogen (secondary N) is 1. The van der Waals surface area contributed by atoms with Crippen molar-refractivity contribution in [3.05, 3.63) is 29.8 Å². The van der Waals surface area contributed by atoms with Gasteiger partial charge in [-0.15, -0.1) is 0 Å². The molecular formula is C12H14F3NO3S. The minimum absolute atomic E-state index is 0.414. The number of alkyl halides is 3. The molecule has 4 nitrogen and oxygen atoms in total. The Kier molecular flexibility index (Phi) is 3.83. The molecule has 2 rings (SSSR count). The average Bonchev–Trinajstić information content (AvgIpc) is 2.33. The van der Waals surface area contributed by atoms with Crippen molar-refractivity contribution in [1.29, 1.82) is 0 Å². The molecule has 0 bridgehead atoms. The van der Waals surface area contributed by atoms with E-state index in [0.29, 0.717) is 12.8 Å². The summed E-state index contributed by atoms with van der Waals surface area (Å²) in [5.41, 5.74) is -2.24. The standard InChI is InChI=1S/C12H14F3NO3S/c13-12(14,15)9-4-1-2-5-10(9)20(18,19)16-11(8-17)6-3-7-11/h1-2,4-5,16-17H,3,6-8H2. The highest BCUT2D eigenvalue weighted by atomic mass is 32.2. The molecule has 0 aliphatic heterocycles. The van der Waals surface area contributed by atoms with Crippen LogP contribution in [0.4, 0.5) is 13.2 Å². The average molecular weight is 309 g/mol. The van der Waals surface area contributed by atoms with E-state index in [-0.39, 0.29) is 0 Å². The second-order valence-electron chi connectivity index (χ2n) is 4.89. The summed E-state index contributed by atoms with van der Waals surface area (Å²) in [4.78, 5) is -0.813. The fourth-order valence-electron chi connectivity index (χ4n) is 2.17. The van der Waals surface area contributed by atoms with Gasteiger partial charge in [0.25, 0.3) is 0 Å². The first kappa shape index (κ1) is 15.3. The van der Waals surface area contributed by atoms with Gasteiger partial charge in [0.05, 0.1) is 22.6 Å². The predicted octanol–water partition coefficient (Wildman–Crippen LogP) is 1.90. The van der Waals surface area contributed by atoms with Crippen LogP contribution in [0.15, 0.2) is 29.2 Å². The van der Waals surface area contributed by atoms with Crippen LogP contribution in [-0.4, -0.2) is 25.7 Å². The second kappa shape index (κ2) is 5.01. The Balaban J connectivity index is 2.40. The molecule has 1 saturated carbocycles. The zero-order chi connectivity index (χ0) is 15.0. The van der Waals surface area contributed by atoms with Gasteiger partial charge in [0.1, 0.15) is 0 Å². The Labute approximate surface area is 114 Å². The van der Waals surface area contributed by atoms with E-state index < -0.39 is 38.8 Å².